The number of nitrogens with zero attached hydrogens (tertiary/aromatic N) is 1. The number of amides is 1. The number of hydrogen-bond acceptors (Lipinski definition) is 5. The molecule has 1 aromatic carbocycles. The molecule has 8 heteroatoms. The van der Waals surface area contributed by atoms with Gasteiger partial charge in [0, 0.05) is 15.8 Å². The monoisotopic (exact) mass is 419 g/mol. The second kappa shape index (κ2) is 8.61. The lowest BCUT2D eigenvalue weighted by molar-refractivity contribution is -0.113. The molecule has 5 nitrogen and oxygen atoms in total. The highest BCUT2D eigenvalue weighted by Gasteiger charge is 2.11. The molecule has 126 valence electrons. The standard InChI is InChI=1S/C15H18BrN3O2S.ClH/c1-8-4-11(16)5-13(15(8)17)18-14(20)7-22-6-12-9(2)19-21-10(12)3;/h4-5H,6-7,17H2,1-3H3,(H,18,20);1H. The van der Waals surface area contributed by atoms with Crippen molar-refractivity contribution in [3.8, 4) is 0 Å². The maximum Gasteiger partial charge on any atom is 0.234 e. The van der Waals surface area contributed by atoms with Crippen molar-refractivity contribution in [1.82, 2.24) is 5.16 Å². The molecule has 0 spiro atoms. The summed E-state index contributed by atoms with van der Waals surface area (Å²) in [5.74, 6) is 1.76. The molecule has 0 bridgehead atoms. The SMILES string of the molecule is Cc1cc(Br)cc(NC(=O)CSCc2c(C)noc2C)c1N.Cl. The summed E-state index contributed by atoms with van der Waals surface area (Å²) in [5.41, 5.74) is 10.1. The van der Waals surface area contributed by atoms with E-state index in [1.54, 1.807) is 6.07 Å². The molecule has 0 unspecified atom stereocenters. The van der Waals surface area contributed by atoms with Crippen LogP contribution in [-0.4, -0.2) is 16.8 Å². The smallest absolute Gasteiger partial charge is 0.234 e. The average Bonchev–Trinajstić information content (AvgIpc) is 2.76. The fourth-order valence-electron chi connectivity index (χ4n) is 2.00. The van der Waals surface area contributed by atoms with Gasteiger partial charge in [0.25, 0.3) is 0 Å². The van der Waals surface area contributed by atoms with E-state index >= 15 is 0 Å². The molecule has 0 saturated heterocycles. The summed E-state index contributed by atoms with van der Waals surface area (Å²) in [6.07, 6.45) is 0. The van der Waals surface area contributed by atoms with Gasteiger partial charge in [-0.25, -0.2) is 0 Å². The van der Waals surface area contributed by atoms with Crippen molar-refractivity contribution in [1.29, 1.82) is 0 Å². The molecule has 0 aliphatic rings. The highest BCUT2D eigenvalue weighted by Crippen LogP contribution is 2.28. The molecule has 1 amide bonds. The van der Waals surface area contributed by atoms with E-state index < -0.39 is 0 Å². The number of thioether (sulfide) groups is 1. The van der Waals surface area contributed by atoms with E-state index in [0.29, 0.717) is 22.9 Å². The zero-order valence-corrected chi connectivity index (χ0v) is 16.3. The van der Waals surface area contributed by atoms with Crippen molar-refractivity contribution >= 4 is 57.4 Å². The predicted octanol–water partition coefficient (Wildman–Crippen LogP) is 4.24. The van der Waals surface area contributed by atoms with Crippen LogP contribution in [0.2, 0.25) is 0 Å². The first-order chi connectivity index (χ1) is 10.4. The molecule has 3 N–H and O–H groups in total. The van der Waals surface area contributed by atoms with Crippen LogP contribution < -0.4 is 11.1 Å². The molecule has 2 aromatic rings. The molecule has 1 aromatic heterocycles. The van der Waals surface area contributed by atoms with Crippen LogP contribution in [0.15, 0.2) is 21.1 Å². The van der Waals surface area contributed by atoms with Crippen molar-refractivity contribution < 1.29 is 9.32 Å². The fourth-order valence-corrected chi connectivity index (χ4v) is 3.55. The number of carbonyl (C=O) groups excluding carboxylic acids is 1. The summed E-state index contributed by atoms with van der Waals surface area (Å²) in [5, 5.41) is 6.75. The number of nitrogens with two attached hydrogens (primary N) is 1. The van der Waals surface area contributed by atoms with E-state index in [-0.39, 0.29) is 18.3 Å². The van der Waals surface area contributed by atoms with Gasteiger partial charge in [-0.2, -0.15) is 0 Å². The number of benzene rings is 1. The second-order valence-corrected chi connectivity index (χ2v) is 6.93. The molecule has 0 fully saturated rings. The Balaban J connectivity index is 0.00000264. The minimum Gasteiger partial charge on any atom is -0.397 e. The van der Waals surface area contributed by atoms with E-state index in [1.165, 1.54) is 11.8 Å². The van der Waals surface area contributed by atoms with Crippen molar-refractivity contribution in [2.75, 3.05) is 16.8 Å². The van der Waals surface area contributed by atoms with Crippen LogP contribution >= 0.6 is 40.1 Å². The second-order valence-electron chi connectivity index (χ2n) is 5.03. The molecule has 0 saturated carbocycles. The van der Waals surface area contributed by atoms with Crippen molar-refractivity contribution in [2.45, 2.75) is 26.5 Å². The van der Waals surface area contributed by atoms with Crippen molar-refractivity contribution in [2.24, 2.45) is 0 Å². The molecule has 1 heterocycles. The third-order valence-corrected chi connectivity index (χ3v) is 4.70. The van der Waals surface area contributed by atoms with Gasteiger partial charge in [-0.15, -0.1) is 24.2 Å². The topological polar surface area (TPSA) is 81.2 Å². The van der Waals surface area contributed by atoms with Gasteiger partial charge in [0.05, 0.1) is 22.8 Å². The van der Waals surface area contributed by atoms with Crippen LogP contribution in [0.4, 0.5) is 11.4 Å². The molecule has 0 atom stereocenters. The number of carbonyl (C=O) groups is 1. The Morgan fingerprint density at radius 1 is 1.39 bits per heavy atom. The lowest BCUT2D eigenvalue weighted by atomic mass is 10.2. The Bertz CT molecular complexity index is 687. The van der Waals surface area contributed by atoms with Gasteiger partial charge < -0.3 is 15.6 Å². The van der Waals surface area contributed by atoms with E-state index in [1.807, 2.05) is 26.8 Å². The summed E-state index contributed by atoms with van der Waals surface area (Å²) in [6, 6.07) is 3.72. The number of anilines is 2. The molecule has 0 aliphatic carbocycles. The third-order valence-electron chi connectivity index (χ3n) is 3.29. The molecule has 23 heavy (non-hydrogen) atoms. The number of aryl methyl sites for hydroxylation is 3. The molecule has 0 radical (unpaired) electrons. The first-order valence-electron chi connectivity index (χ1n) is 6.73. The van der Waals surface area contributed by atoms with Crippen molar-refractivity contribution in [3.63, 3.8) is 0 Å². The number of rotatable bonds is 5. The Kier molecular flexibility index (Phi) is 7.44. The van der Waals surface area contributed by atoms with Crippen LogP contribution in [0.3, 0.4) is 0 Å². The minimum absolute atomic E-state index is 0. The quantitative estimate of drug-likeness (QED) is 0.707. The summed E-state index contributed by atoms with van der Waals surface area (Å²) >= 11 is 4.92. The predicted molar refractivity (Wildman–Crippen MR) is 101 cm³/mol. The lowest BCUT2D eigenvalue weighted by Crippen LogP contribution is -2.15. The van der Waals surface area contributed by atoms with Gasteiger partial charge in [0.15, 0.2) is 0 Å². The number of aromatic nitrogens is 1. The number of nitrogens with one attached hydrogen (secondary N) is 1. The summed E-state index contributed by atoms with van der Waals surface area (Å²) < 4.78 is 5.99. The van der Waals surface area contributed by atoms with Crippen LogP contribution in [0.5, 0.6) is 0 Å². The molecule has 2 rings (SSSR count). The first kappa shape index (κ1) is 19.9. The highest BCUT2D eigenvalue weighted by molar-refractivity contribution is 9.10. The van der Waals surface area contributed by atoms with Crippen LogP contribution in [0.25, 0.3) is 0 Å². The first-order valence-corrected chi connectivity index (χ1v) is 8.68. The zero-order valence-electron chi connectivity index (χ0n) is 13.1. The Hall–Kier alpha value is -1.18. The number of halogens is 2. The Morgan fingerprint density at radius 3 is 2.70 bits per heavy atom. The van der Waals surface area contributed by atoms with Gasteiger partial charge in [-0.3, -0.25) is 4.79 Å². The van der Waals surface area contributed by atoms with E-state index in [2.05, 4.69) is 26.4 Å². The van der Waals surface area contributed by atoms with E-state index in [0.717, 1.165) is 27.1 Å². The largest absolute Gasteiger partial charge is 0.397 e. The highest BCUT2D eigenvalue weighted by atomic mass is 79.9. The molecular weight excluding hydrogens is 402 g/mol. The average molecular weight is 421 g/mol. The third kappa shape index (κ3) is 5.16. The van der Waals surface area contributed by atoms with Gasteiger partial charge in [0.2, 0.25) is 5.91 Å². The van der Waals surface area contributed by atoms with Gasteiger partial charge in [-0.05, 0) is 38.5 Å². The summed E-state index contributed by atoms with van der Waals surface area (Å²) in [7, 11) is 0. The molecule has 0 aliphatic heterocycles. The van der Waals surface area contributed by atoms with E-state index in [9.17, 15) is 4.79 Å². The zero-order chi connectivity index (χ0) is 16.3. The normalized spacial score (nSPS) is 10.3. The van der Waals surface area contributed by atoms with Crippen LogP contribution in [0, 0.1) is 20.8 Å². The Labute approximate surface area is 154 Å². The maximum atomic E-state index is 12.0. The minimum atomic E-state index is -0.0824. The maximum absolute atomic E-state index is 12.0. The number of hydrogen-bond donors (Lipinski definition) is 2. The van der Waals surface area contributed by atoms with Gasteiger partial charge in [-0.1, -0.05) is 21.1 Å². The molecular formula is C15H19BrClN3O2S. The van der Waals surface area contributed by atoms with Crippen LogP contribution in [0.1, 0.15) is 22.6 Å². The van der Waals surface area contributed by atoms with Crippen molar-refractivity contribution in [3.05, 3.63) is 39.2 Å². The lowest BCUT2D eigenvalue weighted by Gasteiger charge is -2.11. The fraction of sp³-hybridized carbons (Fsp3) is 0.333. The van der Waals surface area contributed by atoms with E-state index in [4.69, 9.17) is 10.3 Å². The van der Waals surface area contributed by atoms with Gasteiger partial charge in [0.1, 0.15) is 5.76 Å². The summed E-state index contributed by atoms with van der Waals surface area (Å²) in [6.45, 7) is 5.68. The summed E-state index contributed by atoms with van der Waals surface area (Å²) in [4.78, 5) is 12.0. The van der Waals surface area contributed by atoms with Crippen LogP contribution in [-0.2, 0) is 10.5 Å². The Morgan fingerprint density at radius 2 is 2.09 bits per heavy atom. The number of nitrogen functional groups attached to an aromatic ring is 1. The van der Waals surface area contributed by atoms with Gasteiger partial charge >= 0.3 is 0 Å².